The van der Waals surface area contributed by atoms with Crippen LogP contribution in [0.1, 0.15) is 47.5 Å². The molecular weight excluding hydrogens is 312 g/mol. The van der Waals surface area contributed by atoms with E-state index in [-0.39, 0.29) is 11.6 Å². The number of benzene rings is 1. The molecule has 1 heterocycles. The number of nitrogens with zero attached hydrogens (tertiary/aromatic N) is 2. The smallest absolute Gasteiger partial charge is 0.193 e. The molecule has 0 aliphatic carbocycles. The highest BCUT2D eigenvalue weighted by molar-refractivity contribution is 5.92. The maximum atomic E-state index is 6.08. The number of ether oxygens (including phenoxy) is 1. The first-order chi connectivity index (χ1) is 11.8. The highest BCUT2D eigenvalue weighted by Crippen LogP contribution is 2.24. The van der Waals surface area contributed by atoms with Crippen LogP contribution in [0.15, 0.2) is 29.3 Å². The summed E-state index contributed by atoms with van der Waals surface area (Å²) in [4.78, 5) is 7.11. The van der Waals surface area contributed by atoms with Crippen LogP contribution in [0.25, 0.3) is 0 Å². The average Bonchev–Trinajstić information content (AvgIpc) is 2.54. The molecule has 0 aromatic heterocycles. The van der Waals surface area contributed by atoms with E-state index in [0.29, 0.717) is 12.5 Å². The van der Waals surface area contributed by atoms with Crippen molar-refractivity contribution in [2.24, 2.45) is 16.6 Å². The Balaban J connectivity index is 1.90. The van der Waals surface area contributed by atoms with Crippen molar-refractivity contribution in [1.29, 1.82) is 0 Å². The van der Waals surface area contributed by atoms with Gasteiger partial charge in [-0.3, -0.25) is 9.89 Å². The van der Waals surface area contributed by atoms with Gasteiger partial charge in [-0.2, -0.15) is 0 Å². The minimum Gasteiger partial charge on any atom is -0.491 e. The van der Waals surface area contributed by atoms with Crippen LogP contribution >= 0.6 is 0 Å². The molecule has 0 bridgehead atoms. The number of hydrogen-bond acceptors (Lipinski definition) is 3. The second-order valence-electron chi connectivity index (χ2n) is 8.02. The summed E-state index contributed by atoms with van der Waals surface area (Å²) < 4.78 is 5.65. The molecule has 5 nitrogen and oxygen atoms in total. The molecule has 1 aromatic rings. The van der Waals surface area contributed by atoms with E-state index in [2.05, 4.69) is 36.0 Å². The third-order valence-electron chi connectivity index (χ3n) is 4.65. The van der Waals surface area contributed by atoms with Crippen LogP contribution in [-0.4, -0.2) is 42.1 Å². The van der Waals surface area contributed by atoms with Crippen molar-refractivity contribution in [3.63, 3.8) is 0 Å². The van der Waals surface area contributed by atoms with Crippen molar-refractivity contribution >= 4 is 11.6 Å². The van der Waals surface area contributed by atoms with Gasteiger partial charge in [0.05, 0.1) is 12.6 Å². The molecular formula is C20H34N4O. The Morgan fingerprint density at radius 3 is 2.64 bits per heavy atom. The summed E-state index contributed by atoms with van der Waals surface area (Å²) in [7, 11) is 0. The maximum absolute atomic E-state index is 6.08. The van der Waals surface area contributed by atoms with Gasteiger partial charge in [0.15, 0.2) is 5.96 Å². The number of rotatable bonds is 6. The third-order valence-corrected chi connectivity index (χ3v) is 4.65. The number of likely N-dealkylation sites (tertiary alicyclic amines) is 1. The lowest BCUT2D eigenvalue weighted by atomic mass is 9.94. The van der Waals surface area contributed by atoms with E-state index in [0.717, 1.165) is 30.4 Å². The van der Waals surface area contributed by atoms with Gasteiger partial charge in [0.2, 0.25) is 0 Å². The average molecular weight is 347 g/mol. The van der Waals surface area contributed by atoms with Crippen LogP contribution in [0.5, 0.6) is 5.75 Å². The fraction of sp³-hybridized carbons (Fsp3) is 0.650. The molecule has 1 saturated heterocycles. The number of anilines is 1. The first-order valence-corrected chi connectivity index (χ1v) is 9.35. The van der Waals surface area contributed by atoms with E-state index >= 15 is 0 Å². The SMILES string of the molecule is CC1CCCN(C(C)(C)CN=C(N)Nc2ccc(OC(C)C)cc2)C1. The van der Waals surface area contributed by atoms with Crippen molar-refractivity contribution in [1.82, 2.24) is 4.90 Å². The lowest BCUT2D eigenvalue weighted by Gasteiger charge is -2.42. The van der Waals surface area contributed by atoms with E-state index in [1.54, 1.807) is 0 Å². The number of aliphatic imine (C=N–C) groups is 1. The molecule has 1 aliphatic rings. The highest BCUT2D eigenvalue weighted by atomic mass is 16.5. The Hall–Kier alpha value is -1.75. The zero-order valence-electron chi connectivity index (χ0n) is 16.4. The van der Waals surface area contributed by atoms with E-state index in [4.69, 9.17) is 10.5 Å². The maximum Gasteiger partial charge on any atom is 0.193 e. The van der Waals surface area contributed by atoms with E-state index in [1.807, 2.05) is 38.1 Å². The van der Waals surface area contributed by atoms with E-state index in [1.165, 1.54) is 12.8 Å². The summed E-state index contributed by atoms with van der Waals surface area (Å²) in [6.07, 6.45) is 2.77. The molecule has 0 amide bonds. The van der Waals surface area contributed by atoms with Crippen molar-refractivity contribution in [3.05, 3.63) is 24.3 Å². The Morgan fingerprint density at radius 2 is 2.04 bits per heavy atom. The second kappa shape index (κ2) is 8.56. The first kappa shape index (κ1) is 19.6. The molecule has 0 saturated carbocycles. The van der Waals surface area contributed by atoms with Crippen molar-refractivity contribution in [2.75, 3.05) is 25.0 Å². The Labute approximate surface area is 152 Å². The molecule has 1 fully saturated rings. The van der Waals surface area contributed by atoms with Gasteiger partial charge in [-0.25, -0.2) is 0 Å². The summed E-state index contributed by atoms with van der Waals surface area (Å²) in [5.74, 6) is 2.08. The molecule has 2 rings (SSSR count). The van der Waals surface area contributed by atoms with Crippen LogP contribution in [0.3, 0.4) is 0 Å². The van der Waals surface area contributed by atoms with Gasteiger partial charge in [-0.15, -0.1) is 0 Å². The van der Waals surface area contributed by atoms with Crippen molar-refractivity contribution in [2.45, 2.75) is 59.1 Å². The Kier molecular flexibility index (Phi) is 6.71. The van der Waals surface area contributed by atoms with Crippen LogP contribution in [0.4, 0.5) is 5.69 Å². The van der Waals surface area contributed by atoms with Crippen LogP contribution in [-0.2, 0) is 0 Å². The second-order valence-corrected chi connectivity index (χ2v) is 8.02. The number of guanidine groups is 1. The summed E-state index contributed by atoms with van der Waals surface area (Å²) in [5.41, 5.74) is 7.02. The lowest BCUT2D eigenvalue weighted by molar-refractivity contribution is 0.0775. The summed E-state index contributed by atoms with van der Waals surface area (Å²) in [5, 5.41) is 3.16. The predicted octanol–water partition coefficient (Wildman–Crippen LogP) is 3.71. The van der Waals surface area contributed by atoms with Gasteiger partial charge in [-0.05, 0) is 77.3 Å². The minimum atomic E-state index is 0.0238. The lowest BCUT2D eigenvalue weighted by Crippen LogP contribution is -2.51. The molecule has 1 aromatic carbocycles. The van der Waals surface area contributed by atoms with Gasteiger partial charge in [0.25, 0.3) is 0 Å². The molecule has 0 spiro atoms. The number of nitrogens with one attached hydrogen (secondary N) is 1. The van der Waals surface area contributed by atoms with Crippen LogP contribution < -0.4 is 15.8 Å². The molecule has 25 heavy (non-hydrogen) atoms. The summed E-state index contributed by atoms with van der Waals surface area (Å²) in [6, 6.07) is 7.79. The van der Waals surface area contributed by atoms with Crippen molar-refractivity contribution < 1.29 is 4.74 Å². The van der Waals surface area contributed by atoms with Gasteiger partial charge < -0.3 is 15.8 Å². The fourth-order valence-corrected chi connectivity index (χ4v) is 3.19. The van der Waals surface area contributed by atoms with Crippen molar-refractivity contribution in [3.8, 4) is 5.75 Å². The molecule has 3 N–H and O–H groups in total. The minimum absolute atomic E-state index is 0.0238. The molecule has 1 atom stereocenters. The molecule has 5 heteroatoms. The van der Waals surface area contributed by atoms with Gasteiger partial charge in [-0.1, -0.05) is 6.92 Å². The molecule has 140 valence electrons. The van der Waals surface area contributed by atoms with Gasteiger partial charge >= 0.3 is 0 Å². The standard InChI is InChI=1S/C20H34N4O/c1-15(2)25-18-10-8-17(9-11-18)23-19(21)22-14-20(4,5)24-12-6-7-16(3)13-24/h8-11,15-16H,6-7,12-14H2,1-5H3,(H3,21,22,23). The van der Waals surface area contributed by atoms with Crippen LogP contribution in [0, 0.1) is 5.92 Å². The normalized spacial score (nSPS) is 19.9. The van der Waals surface area contributed by atoms with Crippen LogP contribution in [0.2, 0.25) is 0 Å². The Bertz CT molecular complexity index is 566. The summed E-state index contributed by atoms with van der Waals surface area (Å²) >= 11 is 0. The molecule has 1 aliphatic heterocycles. The van der Waals surface area contributed by atoms with E-state index in [9.17, 15) is 0 Å². The van der Waals surface area contributed by atoms with Gasteiger partial charge in [0, 0.05) is 17.8 Å². The zero-order chi connectivity index (χ0) is 18.4. The highest BCUT2D eigenvalue weighted by Gasteiger charge is 2.29. The third kappa shape index (κ3) is 6.24. The monoisotopic (exact) mass is 346 g/mol. The zero-order valence-corrected chi connectivity index (χ0v) is 16.4. The largest absolute Gasteiger partial charge is 0.491 e. The molecule has 1 unspecified atom stereocenters. The van der Waals surface area contributed by atoms with Gasteiger partial charge in [0.1, 0.15) is 5.75 Å². The number of nitrogens with two attached hydrogens (primary N) is 1. The molecule has 0 radical (unpaired) electrons. The quantitative estimate of drug-likeness (QED) is 0.609. The Morgan fingerprint density at radius 1 is 1.36 bits per heavy atom. The fourth-order valence-electron chi connectivity index (χ4n) is 3.19. The first-order valence-electron chi connectivity index (χ1n) is 9.35. The topological polar surface area (TPSA) is 62.9 Å². The summed E-state index contributed by atoms with van der Waals surface area (Å²) in [6.45, 7) is 13.8. The number of hydrogen-bond donors (Lipinski definition) is 2. The number of piperidine rings is 1. The van der Waals surface area contributed by atoms with E-state index < -0.39 is 0 Å². The predicted molar refractivity (Wildman–Crippen MR) is 106 cm³/mol.